The molecule has 0 atom stereocenters. The third-order valence-corrected chi connectivity index (χ3v) is 5.28. The number of fused-ring (bicyclic) bond motifs is 1. The maximum Gasteiger partial charge on any atom is 0.338 e. The number of nitrogens with zero attached hydrogens (tertiary/aromatic N) is 2. The first-order chi connectivity index (χ1) is 15.6. The Bertz CT molecular complexity index is 938. The summed E-state index contributed by atoms with van der Waals surface area (Å²) < 4.78 is 5.48. The van der Waals surface area contributed by atoms with E-state index in [1.165, 1.54) is 0 Å². The number of hydrogen-bond acceptors (Lipinski definition) is 6. The number of esters is 1. The Morgan fingerprint density at radius 2 is 1.88 bits per heavy atom. The Morgan fingerprint density at radius 1 is 1.12 bits per heavy atom. The van der Waals surface area contributed by atoms with Crippen molar-refractivity contribution < 1.29 is 24.3 Å². The predicted octanol–water partition coefficient (Wildman–Crippen LogP) is 3.72. The van der Waals surface area contributed by atoms with Gasteiger partial charge in [0.1, 0.15) is 5.75 Å². The van der Waals surface area contributed by atoms with E-state index in [4.69, 9.17) is 9.57 Å². The lowest BCUT2D eigenvalue weighted by Gasteiger charge is -2.15. The average Bonchev–Trinajstić information content (AvgIpc) is 3.31. The van der Waals surface area contributed by atoms with Gasteiger partial charge in [-0.05, 0) is 55.0 Å². The SMILES string of the molecule is CCc1cc(O)cc2c1C(=O)OCC/C=C/CC/C=C/C(=N/OCC(=O)N1CC=CC1)C2. The largest absolute Gasteiger partial charge is 0.508 e. The maximum absolute atomic E-state index is 12.9. The minimum atomic E-state index is -0.414. The summed E-state index contributed by atoms with van der Waals surface area (Å²) in [6.07, 6.45) is 14.9. The fourth-order valence-corrected chi connectivity index (χ4v) is 3.63. The van der Waals surface area contributed by atoms with Gasteiger partial charge >= 0.3 is 5.97 Å². The smallest absolute Gasteiger partial charge is 0.338 e. The van der Waals surface area contributed by atoms with Gasteiger partial charge in [-0.2, -0.15) is 0 Å². The Morgan fingerprint density at radius 3 is 2.66 bits per heavy atom. The molecule has 2 aliphatic rings. The molecule has 3 rings (SSSR count). The summed E-state index contributed by atoms with van der Waals surface area (Å²) in [7, 11) is 0. The quantitative estimate of drug-likeness (QED) is 0.440. The van der Waals surface area contributed by atoms with Crippen LogP contribution in [0.2, 0.25) is 0 Å². The van der Waals surface area contributed by atoms with Crippen LogP contribution in [0.3, 0.4) is 0 Å². The number of rotatable bonds is 4. The zero-order valence-corrected chi connectivity index (χ0v) is 18.5. The van der Waals surface area contributed by atoms with Crippen molar-refractivity contribution in [2.45, 2.75) is 39.0 Å². The molecule has 0 spiro atoms. The molecule has 0 aliphatic carbocycles. The molecule has 32 heavy (non-hydrogen) atoms. The molecule has 170 valence electrons. The highest BCUT2D eigenvalue weighted by atomic mass is 16.6. The number of cyclic esters (lactones) is 1. The molecule has 0 aromatic heterocycles. The van der Waals surface area contributed by atoms with Gasteiger partial charge in [-0.25, -0.2) is 4.79 Å². The monoisotopic (exact) mass is 438 g/mol. The minimum absolute atomic E-state index is 0.0819. The van der Waals surface area contributed by atoms with Crippen LogP contribution in [0, 0.1) is 0 Å². The van der Waals surface area contributed by atoms with Gasteiger partial charge in [0.05, 0.1) is 17.9 Å². The molecule has 1 aromatic carbocycles. The Hall–Kier alpha value is -3.35. The summed E-state index contributed by atoms with van der Waals surface area (Å²) in [5.41, 5.74) is 2.34. The molecule has 1 aromatic rings. The number of amides is 1. The van der Waals surface area contributed by atoms with Gasteiger partial charge in [0, 0.05) is 19.5 Å². The number of hydrogen-bond donors (Lipinski definition) is 1. The molecule has 0 saturated heterocycles. The Labute approximate surface area is 188 Å². The molecular formula is C25H30N2O5. The average molecular weight is 439 g/mol. The molecule has 0 unspecified atom stereocenters. The van der Waals surface area contributed by atoms with Crippen LogP contribution in [0.1, 0.15) is 47.7 Å². The highest BCUT2D eigenvalue weighted by Crippen LogP contribution is 2.25. The van der Waals surface area contributed by atoms with Gasteiger partial charge in [-0.3, -0.25) is 4.79 Å². The highest BCUT2D eigenvalue weighted by Gasteiger charge is 2.20. The second-order valence-electron chi connectivity index (χ2n) is 7.67. The van der Waals surface area contributed by atoms with Crippen LogP contribution in [0.5, 0.6) is 5.75 Å². The molecule has 2 heterocycles. The molecule has 7 nitrogen and oxygen atoms in total. The first-order valence-electron chi connectivity index (χ1n) is 11.0. The van der Waals surface area contributed by atoms with Crippen LogP contribution in [0.15, 0.2) is 53.7 Å². The maximum atomic E-state index is 12.9. The zero-order chi connectivity index (χ0) is 22.8. The molecule has 1 N–H and O–H groups in total. The summed E-state index contributed by atoms with van der Waals surface area (Å²) in [6.45, 7) is 3.23. The van der Waals surface area contributed by atoms with Crippen molar-refractivity contribution in [1.82, 2.24) is 4.90 Å². The lowest BCUT2D eigenvalue weighted by atomic mass is 9.94. The number of phenols is 1. The number of benzene rings is 1. The van der Waals surface area contributed by atoms with Crippen LogP contribution in [-0.4, -0.2) is 53.9 Å². The van der Waals surface area contributed by atoms with Crippen LogP contribution in [0.4, 0.5) is 0 Å². The topological polar surface area (TPSA) is 88.4 Å². The van der Waals surface area contributed by atoms with Crippen LogP contribution < -0.4 is 0 Å². The van der Waals surface area contributed by atoms with Gasteiger partial charge in [-0.1, -0.05) is 42.5 Å². The Balaban J connectivity index is 1.85. The number of aromatic hydroxyl groups is 1. The molecule has 0 bridgehead atoms. The van der Waals surface area contributed by atoms with Crippen LogP contribution in [0.25, 0.3) is 0 Å². The number of phenolic OH excluding ortho intramolecular Hbond substituents is 1. The number of carbonyl (C=O) groups excluding carboxylic acids is 2. The van der Waals surface area contributed by atoms with E-state index in [1.54, 1.807) is 17.0 Å². The molecule has 1 amide bonds. The number of carbonyl (C=O) groups is 2. The van der Waals surface area contributed by atoms with Crippen molar-refractivity contribution in [3.63, 3.8) is 0 Å². The molecule has 2 aliphatic heterocycles. The number of oxime groups is 1. The lowest BCUT2D eigenvalue weighted by Crippen LogP contribution is -2.31. The van der Waals surface area contributed by atoms with Crippen molar-refractivity contribution in [2.75, 3.05) is 26.3 Å². The second-order valence-corrected chi connectivity index (χ2v) is 7.67. The number of allylic oxidation sites excluding steroid dienone is 3. The first kappa shape index (κ1) is 23.3. The van der Waals surface area contributed by atoms with Gasteiger partial charge in [0.15, 0.2) is 6.61 Å². The fraction of sp³-hybridized carbons (Fsp3) is 0.400. The molecule has 7 heteroatoms. The summed E-state index contributed by atoms with van der Waals surface area (Å²) in [6, 6.07) is 3.15. The number of ether oxygens (including phenoxy) is 1. The summed E-state index contributed by atoms with van der Waals surface area (Å²) >= 11 is 0. The van der Waals surface area contributed by atoms with Crippen LogP contribution >= 0.6 is 0 Å². The van der Waals surface area contributed by atoms with Crippen molar-refractivity contribution in [3.05, 3.63) is 65.3 Å². The van der Waals surface area contributed by atoms with E-state index in [2.05, 4.69) is 11.2 Å². The zero-order valence-electron chi connectivity index (χ0n) is 18.5. The van der Waals surface area contributed by atoms with E-state index in [1.807, 2.05) is 37.3 Å². The molecule has 0 fully saturated rings. The third-order valence-electron chi connectivity index (χ3n) is 5.28. The predicted molar refractivity (Wildman–Crippen MR) is 123 cm³/mol. The third kappa shape index (κ3) is 6.57. The molecule has 0 saturated carbocycles. The highest BCUT2D eigenvalue weighted by molar-refractivity contribution is 6.00. The van der Waals surface area contributed by atoms with Gasteiger partial charge in [0.2, 0.25) is 0 Å². The molecule has 0 radical (unpaired) electrons. The lowest BCUT2D eigenvalue weighted by molar-refractivity contribution is -0.134. The second kappa shape index (κ2) is 11.9. The van der Waals surface area contributed by atoms with E-state index < -0.39 is 5.97 Å². The van der Waals surface area contributed by atoms with E-state index in [-0.39, 0.29) is 24.7 Å². The Kier molecular flexibility index (Phi) is 8.66. The molecular weight excluding hydrogens is 408 g/mol. The van der Waals surface area contributed by atoms with Crippen molar-refractivity contribution in [2.24, 2.45) is 5.16 Å². The van der Waals surface area contributed by atoms with Crippen LogP contribution in [-0.2, 0) is 27.2 Å². The van der Waals surface area contributed by atoms with Crippen molar-refractivity contribution >= 4 is 17.6 Å². The normalized spacial score (nSPS) is 20.3. The number of aryl methyl sites for hydroxylation is 1. The van der Waals surface area contributed by atoms with Gasteiger partial charge < -0.3 is 19.6 Å². The van der Waals surface area contributed by atoms with Gasteiger partial charge in [-0.15, -0.1) is 0 Å². The standard InChI is InChI=1S/C25H30N2O5/c1-2-19-16-22(28)17-20-15-21(26-32-18-23(29)27-12-8-9-13-27)11-7-5-3-4-6-10-14-31-25(30)24(19)20/h4,6-9,11,16-17,28H,2-3,5,10,12-15,18H2,1H3/b6-4+,11-7+,26-21-. The van der Waals surface area contributed by atoms with E-state index in [0.717, 1.165) is 12.8 Å². The van der Waals surface area contributed by atoms with E-state index >= 15 is 0 Å². The minimum Gasteiger partial charge on any atom is -0.508 e. The van der Waals surface area contributed by atoms with Crippen molar-refractivity contribution in [1.29, 1.82) is 0 Å². The summed E-state index contributed by atoms with van der Waals surface area (Å²) in [5, 5.41) is 14.4. The fourth-order valence-electron chi connectivity index (χ4n) is 3.63. The van der Waals surface area contributed by atoms with Crippen molar-refractivity contribution in [3.8, 4) is 5.75 Å². The van der Waals surface area contributed by atoms with E-state index in [0.29, 0.717) is 54.9 Å². The summed E-state index contributed by atoms with van der Waals surface area (Å²) in [5.74, 6) is -0.467. The summed E-state index contributed by atoms with van der Waals surface area (Å²) in [4.78, 5) is 32.1. The van der Waals surface area contributed by atoms with E-state index in [9.17, 15) is 14.7 Å². The van der Waals surface area contributed by atoms with Gasteiger partial charge in [0.25, 0.3) is 5.91 Å². The first-order valence-corrected chi connectivity index (χ1v) is 11.0.